The lowest BCUT2D eigenvalue weighted by Gasteiger charge is -2.36. The molecule has 2 bridgehead atoms. The monoisotopic (exact) mass is 511 g/mol. The summed E-state index contributed by atoms with van der Waals surface area (Å²) in [6.07, 6.45) is 4.42. The maximum atomic E-state index is 12.9. The quantitative estimate of drug-likeness (QED) is 0.455. The van der Waals surface area contributed by atoms with E-state index in [1.165, 1.54) is 4.68 Å². The first-order valence-corrected chi connectivity index (χ1v) is 12.0. The number of nitrogens with one attached hydrogen (secondary N) is 2. The molecule has 11 nitrogen and oxygen atoms in total. The van der Waals surface area contributed by atoms with Gasteiger partial charge in [0, 0.05) is 25.9 Å². The number of hydrogen-bond acceptors (Lipinski definition) is 8. The van der Waals surface area contributed by atoms with Gasteiger partial charge in [0.25, 0.3) is 0 Å². The number of ether oxygens (including phenoxy) is 2. The molecule has 1 unspecified atom stereocenters. The second kappa shape index (κ2) is 9.47. The third-order valence-electron chi connectivity index (χ3n) is 7.03. The highest BCUT2D eigenvalue weighted by molar-refractivity contribution is 6.30. The van der Waals surface area contributed by atoms with E-state index in [1.807, 2.05) is 0 Å². The van der Waals surface area contributed by atoms with Crippen LogP contribution in [0.4, 0.5) is 16.3 Å². The van der Waals surface area contributed by atoms with E-state index in [9.17, 15) is 9.59 Å². The first-order valence-electron chi connectivity index (χ1n) is 11.6. The number of pyridine rings is 2. The van der Waals surface area contributed by atoms with E-state index in [0.29, 0.717) is 34.4 Å². The maximum absolute atomic E-state index is 12.9. The van der Waals surface area contributed by atoms with Gasteiger partial charge in [-0.25, -0.2) is 14.5 Å². The van der Waals surface area contributed by atoms with Gasteiger partial charge in [-0.05, 0) is 50.3 Å². The Bertz CT molecular complexity index is 1290. The van der Waals surface area contributed by atoms with Crippen molar-refractivity contribution in [2.45, 2.75) is 38.4 Å². The highest BCUT2D eigenvalue weighted by atomic mass is 35.5. The average Bonchev–Trinajstić information content (AvgIpc) is 3.52. The van der Waals surface area contributed by atoms with E-state index in [-0.39, 0.29) is 22.6 Å². The van der Waals surface area contributed by atoms with Crippen molar-refractivity contribution in [2.75, 3.05) is 17.7 Å². The SMILES string of the molecule is COC1CC2(C(=O)Nc3ccc(-c4nnn(C)c4NC(=O)O[C@H](C)c4cccnc4Cl)nc3)CC1C2. The van der Waals surface area contributed by atoms with Crippen LogP contribution in [0, 0.1) is 11.3 Å². The molecule has 0 aromatic carbocycles. The smallest absolute Gasteiger partial charge is 0.413 e. The molecule has 2 atom stereocenters. The minimum atomic E-state index is -0.707. The maximum Gasteiger partial charge on any atom is 0.413 e. The van der Waals surface area contributed by atoms with Crippen LogP contribution >= 0.6 is 11.6 Å². The topological polar surface area (TPSA) is 133 Å². The Morgan fingerprint density at radius 2 is 2.00 bits per heavy atom. The third-order valence-corrected chi connectivity index (χ3v) is 7.34. The van der Waals surface area contributed by atoms with Gasteiger partial charge in [-0.2, -0.15) is 0 Å². The van der Waals surface area contributed by atoms with Crippen molar-refractivity contribution in [1.82, 2.24) is 25.0 Å². The van der Waals surface area contributed by atoms with Crippen molar-refractivity contribution in [1.29, 1.82) is 0 Å². The number of carbonyl (C=O) groups is 2. The van der Waals surface area contributed by atoms with Crippen LogP contribution in [-0.4, -0.2) is 50.2 Å². The predicted molar refractivity (Wildman–Crippen MR) is 131 cm³/mol. The Labute approximate surface area is 212 Å². The van der Waals surface area contributed by atoms with Crippen molar-refractivity contribution in [3.63, 3.8) is 0 Å². The zero-order chi connectivity index (χ0) is 25.4. The lowest BCUT2D eigenvalue weighted by atomic mass is 9.69. The molecule has 0 spiro atoms. The standard InChI is InChI=1S/C24H26ClN7O4/c1-13(16-5-4-8-26-20(16)25)36-23(34)29-21-19(30-31-32(21)2)17-7-6-15(12-27-17)28-22(33)24-9-14(10-24)18(11-24)35-3/h4-8,12-14,18H,9-11H2,1-3H3,(H,28,33)(H,29,34)/t13-,14?,18?,24?/m1/s1. The van der Waals surface area contributed by atoms with Crippen LogP contribution in [0.1, 0.15) is 37.9 Å². The second-order valence-corrected chi connectivity index (χ2v) is 9.64. The zero-order valence-electron chi connectivity index (χ0n) is 20.1. The Hall–Kier alpha value is -3.57. The number of anilines is 2. The summed E-state index contributed by atoms with van der Waals surface area (Å²) in [7, 11) is 3.34. The molecule has 3 heterocycles. The van der Waals surface area contributed by atoms with Crippen LogP contribution in [0.5, 0.6) is 0 Å². The van der Waals surface area contributed by atoms with E-state index >= 15 is 0 Å². The predicted octanol–water partition coefficient (Wildman–Crippen LogP) is 3.99. The number of nitrogens with zero attached hydrogens (tertiary/aromatic N) is 5. The first kappa shape index (κ1) is 24.1. The van der Waals surface area contributed by atoms with Crippen LogP contribution in [0.15, 0.2) is 36.7 Å². The largest absolute Gasteiger partial charge is 0.441 e. The van der Waals surface area contributed by atoms with Crippen LogP contribution < -0.4 is 10.6 Å². The second-order valence-electron chi connectivity index (χ2n) is 9.28. The molecule has 3 saturated carbocycles. The Morgan fingerprint density at radius 1 is 1.19 bits per heavy atom. The first-order chi connectivity index (χ1) is 17.3. The summed E-state index contributed by atoms with van der Waals surface area (Å²) < 4.78 is 12.4. The zero-order valence-corrected chi connectivity index (χ0v) is 20.8. The van der Waals surface area contributed by atoms with Gasteiger partial charge in [-0.15, -0.1) is 5.10 Å². The van der Waals surface area contributed by atoms with Crippen molar-refractivity contribution in [2.24, 2.45) is 18.4 Å². The minimum absolute atomic E-state index is 0.000272. The molecular weight excluding hydrogens is 486 g/mol. The lowest BCUT2D eigenvalue weighted by Crippen LogP contribution is -2.40. The number of methoxy groups -OCH3 is 1. The molecule has 0 radical (unpaired) electrons. The Morgan fingerprint density at radius 3 is 2.67 bits per heavy atom. The van der Waals surface area contributed by atoms with Gasteiger partial charge in [0.1, 0.15) is 11.3 Å². The molecule has 6 rings (SSSR count). The van der Waals surface area contributed by atoms with Crippen molar-refractivity contribution < 1.29 is 19.1 Å². The van der Waals surface area contributed by atoms with Crippen LogP contribution in [0.3, 0.4) is 0 Å². The molecule has 3 aromatic heterocycles. The number of amides is 2. The van der Waals surface area contributed by atoms with Crippen LogP contribution in [-0.2, 0) is 21.3 Å². The van der Waals surface area contributed by atoms with Gasteiger partial charge < -0.3 is 14.8 Å². The Kier molecular flexibility index (Phi) is 6.35. The molecule has 3 aliphatic carbocycles. The highest BCUT2D eigenvalue weighted by Gasteiger charge is 2.60. The van der Waals surface area contributed by atoms with Crippen molar-refractivity contribution in [3.05, 3.63) is 47.4 Å². The van der Waals surface area contributed by atoms with E-state index < -0.39 is 12.2 Å². The molecule has 188 valence electrons. The van der Waals surface area contributed by atoms with E-state index in [4.69, 9.17) is 21.1 Å². The highest BCUT2D eigenvalue weighted by Crippen LogP contribution is 2.60. The molecule has 3 aliphatic rings. The fourth-order valence-corrected chi connectivity index (χ4v) is 5.35. The van der Waals surface area contributed by atoms with Gasteiger partial charge in [-0.1, -0.05) is 22.9 Å². The van der Waals surface area contributed by atoms with Gasteiger partial charge in [0.15, 0.2) is 11.5 Å². The van der Waals surface area contributed by atoms with Gasteiger partial charge >= 0.3 is 6.09 Å². The van der Waals surface area contributed by atoms with Crippen LogP contribution in [0.2, 0.25) is 5.15 Å². The number of aryl methyl sites for hydroxylation is 1. The number of hydrogen-bond donors (Lipinski definition) is 2. The summed E-state index contributed by atoms with van der Waals surface area (Å²) in [5, 5.41) is 14.0. The molecule has 12 heteroatoms. The van der Waals surface area contributed by atoms with Gasteiger partial charge in [-0.3, -0.25) is 15.1 Å². The van der Waals surface area contributed by atoms with E-state index in [2.05, 4.69) is 30.9 Å². The molecule has 3 fully saturated rings. The summed E-state index contributed by atoms with van der Waals surface area (Å²) in [6.45, 7) is 1.70. The summed E-state index contributed by atoms with van der Waals surface area (Å²) in [5.74, 6) is 0.782. The van der Waals surface area contributed by atoms with Crippen LogP contribution in [0.25, 0.3) is 11.4 Å². The number of rotatable bonds is 7. The summed E-state index contributed by atoms with van der Waals surface area (Å²) in [5.41, 5.74) is 1.66. The molecule has 2 amide bonds. The average molecular weight is 512 g/mol. The minimum Gasteiger partial charge on any atom is -0.441 e. The molecule has 0 aliphatic heterocycles. The summed E-state index contributed by atoms with van der Waals surface area (Å²) >= 11 is 6.09. The lowest BCUT2D eigenvalue weighted by molar-refractivity contribution is -0.129. The van der Waals surface area contributed by atoms with Gasteiger partial charge in [0.05, 0.1) is 29.1 Å². The number of fused-ring (bicyclic) bond motifs is 1. The molecule has 3 aromatic rings. The van der Waals surface area contributed by atoms with Crippen molar-refractivity contribution in [3.8, 4) is 11.4 Å². The Balaban J connectivity index is 1.24. The normalized spacial score (nSPS) is 23.0. The number of halogens is 1. The fourth-order valence-electron chi connectivity index (χ4n) is 5.07. The van der Waals surface area contributed by atoms with Gasteiger partial charge in [0.2, 0.25) is 5.91 Å². The molecule has 0 saturated heterocycles. The third kappa shape index (κ3) is 4.40. The van der Waals surface area contributed by atoms with E-state index in [1.54, 1.807) is 57.7 Å². The summed E-state index contributed by atoms with van der Waals surface area (Å²) in [4.78, 5) is 33.9. The number of carbonyl (C=O) groups excluding carboxylic acids is 2. The number of aromatic nitrogens is 5. The summed E-state index contributed by atoms with van der Waals surface area (Å²) in [6, 6.07) is 6.91. The molecular formula is C24H26ClN7O4. The van der Waals surface area contributed by atoms with E-state index in [0.717, 1.165) is 19.3 Å². The molecule has 36 heavy (non-hydrogen) atoms. The van der Waals surface area contributed by atoms with Crippen molar-refractivity contribution >= 4 is 35.1 Å². The fraction of sp³-hybridized carbons (Fsp3) is 0.417. The molecule has 2 N–H and O–H groups in total.